The van der Waals surface area contributed by atoms with E-state index < -0.39 is 0 Å². The summed E-state index contributed by atoms with van der Waals surface area (Å²) in [7, 11) is 0. The van der Waals surface area contributed by atoms with Crippen molar-refractivity contribution in [3.05, 3.63) is 52.5 Å². The summed E-state index contributed by atoms with van der Waals surface area (Å²) in [5.74, 6) is 0. The van der Waals surface area contributed by atoms with E-state index in [0.29, 0.717) is 0 Å². The van der Waals surface area contributed by atoms with Crippen molar-refractivity contribution >= 4 is 23.7 Å². The predicted octanol–water partition coefficient (Wildman–Crippen LogP) is 2.61. The van der Waals surface area contributed by atoms with Gasteiger partial charge in [-0.15, -0.1) is 12.4 Å². The zero-order chi connectivity index (χ0) is 9.10. The molecular formula is C10H11ClN2S. The SMILES string of the molecule is Cl.N[C@@H](c1cccnc1)c1ccsc1. The van der Waals surface area contributed by atoms with Crippen LogP contribution < -0.4 is 5.73 Å². The van der Waals surface area contributed by atoms with E-state index in [4.69, 9.17) is 5.73 Å². The average molecular weight is 227 g/mol. The maximum absolute atomic E-state index is 6.03. The Morgan fingerprint density at radius 1 is 1.29 bits per heavy atom. The van der Waals surface area contributed by atoms with E-state index in [9.17, 15) is 0 Å². The van der Waals surface area contributed by atoms with Crippen LogP contribution in [0.2, 0.25) is 0 Å². The highest BCUT2D eigenvalue weighted by atomic mass is 35.5. The van der Waals surface area contributed by atoms with Gasteiger partial charge >= 0.3 is 0 Å². The third kappa shape index (κ3) is 2.32. The molecular weight excluding hydrogens is 216 g/mol. The maximum Gasteiger partial charge on any atom is 0.0575 e. The van der Waals surface area contributed by atoms with E-state index in [2.05, 4.69) is 10.4 Å². The van der Waals surface area contributed by atoms with Crippen LogP contribution in [0.3, 0.4) is 0 Å². The van der Waals surface area contributed by atoms with Crippen LogP contribution in [0.4, 0.5) is 0 Å². The largest absolute Gasteiger partial charge is 0.320 e. The van der Waals surface area contributed by atoms with E-state index in [-0.39, 0.29) is 18.4 Å². The van der Waals surface area contributed by atoms with Gasteiger partial charge in [-0.05, 0) is 34.0 Å². The van der Waals surface area contributed by atoms with E-state index in [1.165, 1.54) is 0 Å². The highest BCUT2D eigenvalue weighted by Gasteiger charge is 2.07. The van der Waals surface area contributed by atoms with Crippen LogP contribution in [0.15, 0.2) is 41.4 Å². The molecule has 2 nitrogen and oxygen atoms in total. The monoisotopic (exact) mass is 226 g/mol. The standard InChI is InChI=1S/C10H10N2S.ClH/c11-10(9-3-5-13-7-9)8-2-1-4-12-6-8;/h1-7,10H,11H2;1H/t10-;/m0./s1. The number of thiophene rings is 1. The summed E-state index contributed by atoms with van der Waals surface area (Å²) in [5.41, 5.74) is 8.23. The number of nitrogens with zero attached hydrogens (tertiary/aromatic N) is 1. The Morgan fingerprint density at radius 3 is 2.71 bits per heavy atom. The average Bonchev–Trinajstić information content (AvgIpc) is 2.71. The first-order valence-corrected chi connectivity index (χ1v) is 5.00. The summed E-state index contributed by atoms with van der Waals surface area (Å²) >= 11 is 1.66. The molecule has 1 atom stereocenters. The molecule has 14 heavy (non-hydrogen) atoms. The number of rotatable bonds is 2. The van der Waals surface area contributed by atoms with Gasteiger partial charge in [0.15, 0.2) is 0 Å². The number of hydrogen-bond acceptors (Lipinski definition) is 3. The molecule has 0 aliphatic rings. The van der Waals surface area contributed by atoms with Gasteiger partial charge in [0.1, 0.15) is 0 Å². The van der Waals surface area contributed by atoms with Gasteiger partial charge < -0.3 is 5.73 Å². The summed E-state index contributed by atoms with van der Waals surface area (Å²) in [6.45, 7) is 0. The van der Waals surface area contributed by atoms with E-state index >= 15 is 0 Å². The van der Waals surface area contributed by atoms with Gasteiger partial charge in [0.25, 0.3) is 0 Å². The molecule has 2 N–H and O–H groups in total. The molecule has 0 saturated heterocycles. The molecule has 0 fully saturated rings. The van der Waals surface area contributed by atoms with Crippen molar-refractivity contribution in [3.63, 3.8) is 0 Å². The molecule has 0 spiro atoms. The van der Waals surface area contributed by atoms with Crippen molar-refractivity contribution in [1.82, 2.24) is 4.98 Å². The summed E-state index contributed by atoms with van der Waals surface area (Å²) in [5, 5.41) is 4.10. The number of halogens is 1. The number of aromatic nitrogens is 1. The fraction of sp³-hybridized carbons (Fsp3) is 0.100. The van der Waals surface area contributed by atoms with Crippen molar-refractivity contribution in [1.29, 1.82) is 0 Å². The molecule has 2 aromatic heterocycles. The van der Waals surface area contributed by atoms with Crippen LogP contribution in [0.25, 0.3) is 0 Å². The molecule has 0 amide bonds. The molecule has 0 unspecified atom stereocenters. The minimum Gasteiger partial charge on any atom is -0.320 e. The third-order valence-corrected chi connectivity index (χ3v) is 2.65. The van der Waals surface area contributed by atoms with E-state index in [1.807, 2.05) is 29.8 Å². The summed E-state index contributed by atoms with van der Waals surface area (Å²) < 4.78 is 0. The van der Waals surface area contributed by atoms with Gasteiger partial charge in [-0.25, -0.2) is 0 Å². The lowest BCUT2D eigenvalue weighted by Gasteiger charge is -2.08. The fourth-order valence-electron chi connectivity index (χ4n) is 1.20. The van der Waals surface area contributed by atoms with Crippen LogP contribution in [-0.4, -0.2) is 4.98 Å². The summed E-state index contributed by atoms with van der Waals surface area (Å²) in [6, 6.07) is 5.90. The Balaban J connectivity index is 0.000000980. The van der Waals surface area contributed by atoms with Crippen molar-refractivity contribution in [2.45, 2.75) is 6.04 Å². The van der Waals surface area contributed by atoms with Gasteiger partial charge in [0, 0.05) is 12.4 Å². The second-order valence-corrected chi connectivity index (χ2v) is 3.60. The number of pyridine rings is 1. The van der Waals surface area contributed by atoms with Crippen molar-refractivity contribution < 1.29 is 0 Å². The maximum atomic E-state index is 6.03. The Bertz CT molecular complexity index is 361. The van der Waals surface area contributed by atoms with E-state index in [0.717, 1.165) is 11.1 Å². The molecule has 0 saturated carbocycles. The highest BCUT2D eigenvalue weighted by Crippen LogP contribution is 2.20. The Kier molecular flexibility index (Phi) is 4.07. The summed E-state index contributed by atoms with van der Waals surface area (Å²) in [4.78, 5) is 4.04. The van der Waals surface area contributed by atoms with Crippen LogP contribution in [0.1, 0.15) is 17.2 Å². The molecule has 0 aliphatic carbocycles. The molecule has 74 valence electrons. The van der Waals surface area contributed by atoms with Gasteiger partial charge in [-0.2, -0.15) is 11.3 Å². The Hall–Kier alpha value is -0.900. The lowest BCUT2D eigenvalue weighted by molar-refractivity contribution is 0.868. The van der Waals surface area contributed by atoms with Crippen LogP contribution in [0, 0.1) is 0 Å². The van der Waals surface area contributed by atoms with Crippen LogP contribution in [0.5, 0.6) is 0 Å². The van der Waals surface area contributed by atoms with Gasteiger partial charge in [0.05, 0.1) is 6.04 Å². The minimum absolute atomic E-state index is 0. The van der Waals surface area contributed by atoms with Crippen molar-refractivity contribution in [3.8, 4) is 0 Å². The molecule has 2 heterocycles. The lowest BCUT2D eigenvalue weighted by atomic mass is 10.1. The molecule has 0 aliphatic heterocycles. The van der Waals surface area contributed by atoms with Gasteiger partial charge in [-0.1, -0.05) is 6.07 Å². The third-order valence-electron chi connectivity index (χ3n) is 1.95. The molecule has 0 aromatic carbocycles. The predicted molar refractivity (Wildman–Crippen MR) is 61.8 cm³/mol. The molecule has 2 rings (SSSR count). The number of hydrogen-bond donors (Lipinski definition) is 1. The lowest BCUT2D eigenvalue weighted by Crippen LogP contribution is -2.10. The molecule has 4 heteroatoms. The molecule has 2 aromatic rings. The Labute approximate surface area is 93.2 Å². The quantitative estimate of drug-likeness (QED) is 0.855. The van der Waals surface area contributed by atoms with Crippen LogP contribution in [-0.2, 0) is 0 Å². The van der Waals surface area contributed by atoms with Crippen LogP contribution >= 0.6 is 23.7 Å². The van der Waals surface area contributed by atoms with E-state index in [1.54, 1.807) is 17.5 Å². The number of nitrogens with two attached hydrogens (primary N) is 1. The van der Waals surface area contributed by atoms with Crippen molar-refractivity contribution in [2.75, 3.05) is 0 Å². The molecule has 0 bridgehead atoms. The van der Waals surface area contributed by atoms with Gasteiger partial charge in [-0.3, -0.25) is 4.98 Å². The Morgan fingerprint density at radius 2 is 2.14 bits per heavy atom. The molecule has 0 radical (unpaired) electrons. The zero-order valence-electron chi connectivity index (χ0n) is 7.46. The normalized spacial score (nSPS) is 11.8. The zero-order valence-corrected chi connectivity index (χ0v) is 9.09. The minimum atomic E-state index is -0.0417. The second-order valence-electron chi connectivity index (χ2n) is 2.82. The van der Waals surface area contributed by atoms with Gasteiger partial charge in [0.2, 0.25) is 0 Å². The topological polar surface area (TPSA) is 38.9 Å². The second kappa shape index (κ2) is 5.10. The summed E-state index contributed by atoms with van der Waals surface area (Å²) in [6.07, 6.45) is 3.56. The first-order valence-electron chi connectivity index (χ1n) is 4.05. The highest BCUT2D eigenvalue weighted by molar-refractivity contribution is 7.08. The van der Waals surface area contributed by atoms with Crippen molar-refractivity contribution in [2.24, 2.45) is 5.73 Å². The first-order chi connectivity index (χ1) is 6.38. The smallest absolute Gasteiger partial charge is 0.0575 e. The fourth-order valence-corrected chi connectivity index (χ4v) is 1.90. The first kappa shape index (κ1) is 11.2.